The minimum Gasteiger partial charge on any atom is -0.493 e. The lowest BCUT2D eigenvalue weighted by Crippen LogP contribution is -2.20. The van der Waals surface area contributed by atoms with Crippen molar-refractivity contribution in [1.29, 1.82) is 0 Å². The maximum absolute atomic E-state index is 12.7. The lowest BCUT2D eigenvalue weighted by atomic mass is 10.1. The highest BCUT2D eigenvalue weighted by atomic mass is 16.5. The Morgan fingerprint density at radius 2 is 1.66 bits per heavy atom. The standard InChI is InChI=1S/C31H40N4O6/c1-8-21-20-33-30(36)23-17-27(39-7)29(19-25(23)35(21)5)41-15-13-11-12-14-40-28-18-24(32-9-2)22(16-26(28)38-6)31(37)34(4)10-3/h9-10,16-20H,3,8,11-15H2,1-2,4-7H3,(H,33,36)/b32-9-. The summed E-state index contributed by atoms with van der Waals surface area (Å²) in [5.41, 5.74) is 3.18. The highest BCUT2D eigenvalue weighted by Gasteiger charge is 2.23. The number of hydrogen-bond donors (Lipinski definition) is 1. The van der Waals surface area contributed by atoms with Crippen LogP contribution in [-0.2, 0) is 0 Å². The molecule has 0 spiro atoms. The Hall–Kier alpha value is -4.47. The van der Waals surface area contributed by atoms with Gasteiger partial charge in [0.1, 0.15) is 0 Å². The fraction of sp³-hybridized carbons (Fsp3) is 0.387. The van der Waals surface area contributed by atoms with Crippen molar-refractivity contribution in [2.75, 3.05) is 46.4 Å². The SMILES string of the molecule is C=CN(C)C(=O)c1cc(OC)c(OCCCCCOc2cc3c(cc2OC)C(=O)NC=C(CC)N3C)cc1/N=C\C. The number of methoxy groups -OCH3 is 2. The third-order valence-corrected chi connectivity index (χ3v) is 6.73. The van der Waals surface area contributed by atoms with E-state index in [4.69, 9.17) is 18.9 Å². The number of amides is 2. The number of rotatable bonds is 14. The molecule has 0 saturated heterocycles. The Morgan fingerprint density at radius 1 is 1.02 bits per heavy atom. The molecule has 0 aromatic heterocycles. The molecule has 1 aliphatic heterocycles. The van der Waals surface area contributed by atoms with Gasteiger partial charge in [0, 0.05) is 44.3 Å². The van der Waals surface area contributed by atoms with Gasteiger partial charge in [-0.3, -0.25) is 14.6 Å². The van der Waals surface area contributed by atoms with E-state index in [1.54, 1.807) is 51.7 Å². The van der Waals surface area contributed by atoms with Crippen LogP contribution in [0.5, 0.6) is 23.0 Å². The Labute approximate surface area is 242 Å². The summed E-state index contributed by atoms with van der Waals surface area (Å²) in [7, 11) is 6.66. The molecule has 0 unspecified atom stereocenters. The molecule has 1 heterocycles. The molecule has 0 radical (unpaired) electrons. The molecule has 0 fully saturated rings. The van der Waals surface area contributed by atoms with E-state index in [0.29, 0.717) is 53.0 Å². The molecule has 2 amide bonds. The van der Waals surface area contributed by atoms with Crippen molar-refractivity contribution < 1.29 is 28.5 Å². The second-order valence-electron chi connectivity index (χ2n) is 9.31. The quantitative estimate of drug-likeness (QED) is 0.232. The van der Waals surface area contributed by atoms with Gasteiger partial charge in [0.05, 0.1) is 49.9 Å². The van der Waals surface area contributed by atoms with Gasteiger partial charge in [0.25, 0.3) is 11.8 Å². The number of aliphatic imine (C=N–C) groups is 1. The van der Waals surface area contributed by atoms with Gasteiger partial charge >= 0.3 is 0 Å². The van der Waals surface area contributed by atoms with Crippen molar-refractivity contribution in [3.05, 3.63) is 60.1 Å². The van der Waals surface area contributed by atoms with Crippen LogP contribution in [0.15, 0.2) is 53.9 Å². The first-order valence-corrected chi connectivity index (χ1v) is 13.6. The summed E-state index contributed by atoms with van der Waals surface area (Å²) >= 11 is 0. The molecule has 220 valence electrons. The molecule has 0 bridgehead atoms. The van der Waals surface area contributed by atoms with Crippen molar-refractivity contribution in [2.24, 2.45) is 4.99 Å². The number of nitrogens with one attached hydrogen (secondary N) is 1. The van der Waals surface area contributed by atoms with Crippen LogP contribution in [0.25, 0.3) is 0 Å². The smallest absolute Gasteiger partial charge is 0.259 e. The number of carbonyl (C=O) groups is 2. The molecule has 3 rings (SSSR count). The van der Waals surface area contributed by atoms with Crippen molar-refractivity contribution in [3.8, 4) is 23.0 Å². The van der Waals surface area contributed by atoms with Gasteiger partial charge < -0.3 is 34.1 Å². The summed E-state index contributed by atoms with van der Waals surface area (Å²) in [5.74, 6) is 1.65. The van der Waals surface area contributed by atoms with E-state index >= 15 is 0 Å². The monoisotopic (exact) mass is 564 g/mol. The molecule has 10 nitrogen and oxygen atoms in total. The molecule has 0 saturated carbocycles. The molecule has 41 heavy (non-hydrogen) atoms. The second-order valence-corrected chi connectivity index (χ2v) is 9.31. The molecule has 1 aliphatic rings. The molecule has 1 N–H and O–H groups in total. The lowest BCUT2D eigenvalue weighted by molar-refractivity contribution is 0.0850. The number of nitrogens with zero attached hydrogens (tertiary/aromatic N) is 3. The molecule has 2 aromatic rings. The summed E-state index contributed by atoms with van der Waals surface area (Å²) in [6.07, 6.45) is 8.02. The third-order valence-electron chi connectivity index (χ3n) is 6.73. The van der Waals surface area contributed by atoms with E-state index in [0.717, 1.165) is 37.1 Å². The van der Waals surface area contributed by atoms with Gasteiger partial charge in [-0.05, 0) is 50.9 Å². The predicted molar refractivity (Wildman–Crippen MR) is 161 cm³/mol. The van der Waals surface area contributed by atoms with Gasteiger partial charge in [-0.2, -0.15) is 0 Å². The van der Waals surface area contributed by atoms with Gasteiger partial charge in [0.2, 0.25) is 0 Å². The summed E-state index contributed by atoms with van der Waals surface area (Å²) in [6, 6.07) is 6.93. The maximum atomic E-state index is 12.7. The van der Waals surface area contributed by atoms with Gasteiger partial charge in [-0.15, -0.1) is 0 Å². The number of allylic oxidation sites excluding steroid dienone is 1. The van der Waals surface area contributed by atoms with E-state index in [1.165, 1.54) is 18.2 Å². The number of anilines is 1. The van der Waals surface area contributed by atoms with Gasteiger partial charge in [-0.25, -0.2) is 0 Å². The van der Waals surface area contributed by atoms with E-state index < -0.39 is 0 Å². The Bertz CT molecular complexity index is 1320. The van der Waals surface area contributed by atoms with Crippen LogP contribution in [0.1, 0.15) is 60.2 Å². The van der Waals surface area contributed by atoms with Gasteiger partial charge in [0.15, 0.2) is 23.0 Å². The van der Waals surface area contributed by atoms with Crippen molar-refractivity contribution in [2.45, 2.75) is 39.5 Å². The van der Waals surface area contributed by atoms with E-state index in [9.17, 15) is 9.59 Å². The largest absolute Gasteiger partial charge is 0.493 e. The summed E-state index contributed by atoms with van der Waals surface area (Å²) in [5, 5.41) is 2.83. The van der Waals surface area contributed by atoms with Crippen LogP contribution in [-0.4, -0.2) is 64.5 Å². The van der Waals surface area contributed by atoms with E-state index in [-0.39, 0.29) is 11.8 Å². The van der Waals surface area contributed by atoms with Gasteiger partial charge in [-0.1, -0.05) is 13.5 Å². The number of hydrogen-bond acceptors (Lipinski definition) is 8. The first-order valence-electron chi connectivity index (χ1n) is 13.6. The Morgan fingerprint density at radius 3 is 2.24 bits per heavy atom. The van der Waals surface area contributed by atoms with E-state index in [1.807, 2.05) is 24.9 Å². The second kappa shape index (κ2) is 14.8. The fourth-order valence-electron chi connectivity index (χ4n) is 4.36. The summed E-state index contributed by atoms with van der Waals surface area (Å²) in [4.78, 5) is 33.1. The zero-order chi connectivity index (χ0) is 29.9. The van der Waals surface area contributed by atoms with Crippen LogP contribution in [0, 0.1) is 0 Å². The van der Waals surface area contributed by atoms with Crippen LogP contribution in [0.3, 0.4) is 0 Å². The van der Waals surface area contributed by atoms with Crippen LogP contribution in [0.4, 0.5) is 11.4 Å². The Kier molecular flexibility index (Phi) is 11.2. The first kappa shape index (κ1) is 31.1. The molecule has 2 aromatic carbocycles. The molecular weight excluding hydrogens is 524 g/mol. The first-order chi connectivity index (χ1) is 19.8. The Balaban J connectivity index is 1.59. The highest BCUT2D eigenvalue weighted by Crippen LogP contribution is 2.38. The third kappa shape index (κ3) is 7.39. The predicted octanol–water partition coefficient (Wildman–Crippen LogP) is 5.70. The number of fused-ring (bicyclic) bond motifs is 1. The molecule has 10 heteroatoms. The highest BCUT2D eigenvalue weighted by molar-refractivity contribution is 6.02. The fourth-order valence-corrected chi connectivity index (χ4v) is 4.36. The van der Waals surface area contributed by atoms with Crippen molar-refractivity contribution in [1.82, 2.24) is 10.2 Å². The minimum absolute atomic E-state index is 0.185. The van der Waals surface area contributed by atoms with Crippen LogP contribution < -0.4 is 29.2 Å². The topological polar surface area (TPSA) is 102 Å². The van der Waals surface area contributed by atoms with Crippen LogP contribution in [0.2, 0.25) is 0 Å². The zero-order valence-corrected chi connectivity index (χ0v) is 24.8. The lowest BCUT2D eigenvalue weighted by Gasteiger charge is -2.23. The molecular formula is C31H40N4O6. The maximum Gasteiger partial charge on any atom is 0.259 e. The molecule has 0 aliphatic carbocycles. The normalized spacial score (nSPS) is 12.7. The number of unbranched alkanes of at least 4 members (excludes halogenated alkanes) is 2. The van der Waals surface area contributed by atoms with Crippen molar-refractivity contribution in [3.63, 3.8) is 0 Å². The van der Waals surface area contributed by atoms with Crippen LogP contribution >= 0.6 is 0 Å². The zero-order valence-electron chi connectivity index (χ0n) is 24.8. The summed E-state index contributed by atoms with van der Waals surface area (Å²) in [6.45, 7) is 8.41. The van der Waals surface area contributed by atoms with E-state index in [2.05, 4.69) is 16.9 Å². The van der Waals surface area contributed by atoms with Crippen molar-refractivity contribution >= 4 is 29.4 Å². The average molecular weight is 565 g/mol. The average Bonchev–Trinajstić information content (AvgIpc) is 3.10. The minimum atomic E-state index is -0.242. The summed E-state index contributed by atoms with van der Waals surface area (Å²) < 4.78 is 23.1. The number of carbonyl (C=O) groups excluding carboxylic acids is 2. The number of benzene rings is 2. The molecule has 0 atom stereocenters. The number of ether oxygens (including phenoxy) is 4.